The first kappa shape index (κ1) is 19.0. The number of hydrogen-bond donors (Lipinski definition) is 0. The standard InChI is InChI=1S/C19H16N4O5S/c1-21(2)22-18(24)17(29-19(22)20-13-6-4-3-5-7-13)9-12-8-15-16(28-11-27-15)10-14(12)23(25)26/h3-10H,11H2,1-2H3. The molecule has 1 amide bonds. The lowest BCUT2D eigenvalue weighted by Crippen LogP contribution is -2.40. The maximum absolute atomic E-state index is 13.0. The molecule has 2 heterocycles. The van der Waals surface area contributed by atoms with Gasteiger partial charge in [-0.1, -0.05) is 18.2 Å². The molecule has 2 aromatic rings. The van der Waals surface area contributed by atoms with Gasteiger partial charge in [0, 0.05) is 14.1 Å². The minimum Gasteiger partial charge on any atom is -0.454 e. The van der Waals surface area contributed by atoms with Crippen LogP contribution in [0.3, 0.4) is 0 Å². The summed E-state index contributed by atoms with van der Waals surface area (Å²) in [6.45, 7) is 0.00246. The second kappa shape index (κ2) is 7.57. The molecule has 2 aliphatic rings. The number of hydrazine groups is 1. The fourth-order valence-electron chi connectivity index (χ4n) is 2.87. The number of thioether (sulfide) groups is 1. The molecule has 0 unspecified atom stereocenters. The molecule has 0 atom stereocenters. The molecule has 29 heavy (non-hydrogen) atoms. The third-order valence-corrected chi connectivity index (χ3v) is 5.13. The highest BCUT2D eigenvalue weighted by molar-refractivity contribution is 8.18. The molecule has 0 bridgehead atoms. The van der Waals surface area contributed by atoms with Crippen LogP contribution in [0.2, 0.25) is 0 Å². The van der Waals surface area contributed by atoms with E-state index >= 15 is 0 Å². The molecule has 0 spiro atoms. The van der Waals surface area contributed by atoms with E-state index in [1.807, 2.05) is 30.3 Å². The van der Waals surface area contributed by atoms with E-state index in [0.29, 0.717) is 27.3 Å². The third kappa shape index (κ3) is 3.67. The number of carbonyl (C=O) groups excluding carboxylic acids is 1. The van der Waals surface area contributed by atoms with Crippen molar-refractivity contribution in [3.05, 3.63) is 63.0 Å². The topological polar surface area (TPSA) is 97.5 Å². The molecule has 10 heteroatoms. The van der Waals surface area contributed by atoms with Crippen LogP contribution in [0.25, 0.3) is 6.08 Å². The zero-order chi connectivity index (χ0) is 20.5. The van der Waals surface area contributed by atoms with Gasteiger partial charge in [0.1, 0.15) is 0 Å². The molecule has 148 valence electrons. The number of hydrogen-bond acceptors (Lipinski definition) is 8. The molecule has 0 aliphatic carbocycles. The second-order valence-electron chi connectivity index (χ2n) is 6.33. The van der Waals surface area contributed by atoms with Gasteiger partial charge in [0.05, 0.1) is 27.1 Å². The predicted molar refractivity (Wildman–Crippen MR) is 109 cm³/mol. The first-order valence-corrected chi connectivity index (χ1v) is 9.38. The summed E-state index contributed by atoms with van der Waals surface area (Å²) in [5.41, 5.74) is 0.791. The summed E-state index contributed by atoms with van der Waals surface area (Å²) in [4.78, 5) is 28.8. The number of nitro benzene ring substituents is 1. The Morgan fingerprint density at radius 1 is 1.21 bits per heavy atom. The van der Waals surface area contributed by atoms with E-state index in [0.717, 1.165) is 11.8 Å². The monoisotopic (exact) mass is 412 g/mol. The molecule has 4 rings (SSSR count). The van der Waals surface area contributed by atoms with Crippen molar-refractivity contribution in [3.8, 4) is 11.5 Å². The maximum Gasteiger partial charge on any atom is 0.281 e. The summed E-state index contributed by atoms with van der Waals surface area (Å²) < 4.78 is 10.5. The lowest BCUT2D eigenvalue weighted by molar-refractivity contribution is -0.385. The van der Waals surface area contributed by atoms with Crippen LogP contribution in [-0.4, -0.2) is 46.9 Å². The number of aliphatic imine (C=N–C) groups is 1. The summed E-state index contributed by atoms with van der Waals surface area (Å²) in [7, 11) is 3.45. The summed E-state index contributed by atoms with van der Waals surface area (Å²) in [5, 5.41) is 15.0. The van der Waals surface area contributed by atoms with Gasteiger partial charge in [-0.25, -0.2) is 15.0 Å². The molecule has 0 N–H and O–H groups in total. The van der Waals surface area contributed by atoms with Crippen LogP contribution in [0.4, 0.5) is 11.4 Å². The van der Waals surface area contributed by atoms with E-state index in [2.05, 4.69) is 4.99 Å². The second-order valence-corrected chi connectivity index (χ2v) is 7.34. The average Bonchev–Trinajstić information content (AvgIpc) is 3.26. The highest BCUT2D eigenvalue weighted by Gasteiger charge is 2.36. The number of nitrogens with zero attached hydrogens (tertiary/aromatic N) is 4. The first-order valence-electron chi connectivity index (χ1n) is 8.57. The molecule has 1 fully saturated rings. The van der Waals surface area contributed by atoms with Crippen molar-refractivity contribution < 1.29 is 19.2 Å². The van der Waals surface area contributed by atoms with E-state index in [9.17, 15) is 14.9 Å². The van der Waals surface area contributed by atoms with Gasteiger partial charge in [0.2, 0.25) is 6.79 Å². The van der Waals surface area contributed by atoms with Crippen molar-refractivity contribution in [2.75, 3.05) is 20.9 Å². The predicted octanol–water partition coefficient (Wildman–Crippen LogP) is 3.40. The van der Waals surface area contributed by atoms with Crippen molar-refractivity contribution >= 4 is 40.3 Å². The number of benzene rings is 2. The first-order chi connectivity index (χ1) is 13.9. The van der Waals surface area contributed by atoms with E-state index in [1.54, 1.807) is 19.1 Å². The largest absolute Gasteiger partial charge is 0.454 e. The minimum atomic E-state index is -0.513. The smallest absolute Gasteiger partial charge is 0.281 e. The van der Waals surface area contributed by atoms with Crippen molar-refractivity contribution in [3.63, 3.8) is 0 Å². The molecule has 9 nitrogen and oxygen atoms in total. The van der Waals surface area contributed by atoms with Gasteiger partial charge in [-0.15, -0.1) is 0 Å². The molecule has 0 saturated carbocycles. The van der Waals surface area contributed by atoms with Gasteiger partial charge < -0.3 is 9.47 Å². The highest BCUT2D eigenvalue weighted by atomic mass is 32.2. The van der Waals surface area contributed by atoms with Crippen molar-refractivity contribution in [1.82, 2.24) is 10.0 Å². The van der Waals surface area contributed by atoms with Crippen LogP contribution in [-0.2, 0) is 4.79 Å². The summed E-state index contributed by atoms with van der Waals surface area (Å²) in [6.07, 6.45) is 1.48. The zero-order valence-corrected chi connectivity index (χ0v) is 16.4. The molecule has 2 aromatic carbocycles. The van der Waals surface area contributed by atoms with Gasteiger partial charge in [-0.05, 0) is 36.0 Å². The number of nitro groups is 1. The molecule has 0 aromatic heterocycles. The van der Waals surface area contributed by atoms with Crippen molar-refractivity contribution in [2.24, 2.45) is 4.99 Å². The number of ether oxygens (including phenoxy) is 2. The molecule has 2 aliphatic heterocycles. The normalized spacial score (nSPS) is 18.3. The van der Waals surface area contributed by atoms with E-state index < -0.39 is 4.92 Å². The van der Waals surface area contributed by atoms with Crippen LogP contribution in [0.5, 0.6) is 11.5 Å². The van der Waals surface area contributed by atoms with Crippen LogP contribution in [0.15, 0.2) is 52.4 Å². The van der Waals surface area contributed by atoms with Gasteiger partial charge in [-0.2, -0.15) is 0 Å². The Morgan fingerprint density at radius 2 is 1.90 bits per heavy atom. The highest BCUT2D eigenvalue weighted by Crippen LogP contribution is 2.41. The number of amides is 1. The van der Waals surface area contributed by atoms with Crippen LogP contribution in [0, 0.1) is 10.1 Å². The van der Waals surface area contributed by atoms with Crippen LogP contribution in [0.1, 0.15) is 5.56 Å². The quantitative estimate of drug-likeness (QED) is 0.431. The van der Waals surface area contributed by atoms with Gasteiger partial charge >= 0.3 is 0 Å². The fraction of sp³-hybridized carbons (Fsp3) is 0.158. The zero-order valence-electron chi connectivity index (χ0n) is 15.6. The summed E-state index contributed by atoms with van der Waals surface area (Å²) >= 11 is 1.15. The minimum absolute atomic E-state index is 0.00246. The Balaban J connectivity index is 1.76. The number of para-hydroxylation sites is 1. The van der Waals surface area contributed by atoms with E-state index in [1.165, 1.54) is 23.2 Å². The summed E-state index contributed by atoms with van der Waals surface area (Å²) in [6, 6.07) is 12.1. The Labute approximate surface area is 170 Å². The average molecular weight is 412 g/mol. The number of rotatable bonds is 4. The molecular formula is C19H16N4O5S. The Kier molecular flexibility index (Phi) is 4.95. The van der Waals surface area contributed by atoms with Crippen molar-refractivity contribution in [1.29, 1.82) is 0 Å². The van der Waals surface area contributed by atoms with Gasteiger partial charge in [0.15, 0.2) is 16.7 Å². The van der Waals surface area contributed by atoms with E-state index in [-0.39, 0.29) is 24.0 Å². The van der Waals surface area contributed by atoms with Crippen molar-refractivity contribution in [2.45, 2.75) is 0 Å². The Bertz CT molecular complexity index is 1050. The number of amidine groups is 1. The summed E-state index contributed by atoms with van der Waals surface area (Å²) in [5.74, 6) is 0.396. The Morgan fingerprint density at radius 3 is 2.55 bits per heavy atom. The maximum atomic E-state index is 13.0. The molecule has 0 radical (unpaired) electrons. The van der Waals surface area contributed by atoms with Gasteiger partial charge in [0.25, 0.3) is 11.6 Å². The van der Waals surface area contributed by atoms with E-state index in [4.69, 9.17) is 9.47 Å². The fourth-order valence-corrected chi connectivity index (χ4v) is 3.91. The molecule has 1 saturated heterocycles. The third-order valence-electron chi connectivity index (χ3n) is 4.17. The lowest BCUT2D eigenvalue weighted by atomic mass is 10.1. The van der Waals surface area contributed by atoms with Crippen LogP contribution < -0.4 is 9.47 Å². The number of fused-ring (bicyclic) bond motifs is 1. The number of carbonyl (C=O) groups is 1. The van der Waals surface area contributed by atoms with Crippen LogP contribution >= 0.6 is 11.8 Å². The Hall–Kier alpha value is -3.37. The molecular weight excluding hydrogens is 396 g/mol. The SMILES string of the molecule is CN(C)N1C(=O)C(=Cc2cc3c(cc2[N+](=O)[O-])OCO3)SC1=Nc1ccccc1. The van der Waals surface area contributed by atoms with Gasteiger partial charge in [-0.3, -0.25) is 14.9 Å². The lowest BCUT2D eigenvalue weighted by Gasteiger charge is -2.22.